The van der Waals surface area contributed by atoms with E-state index in [1.54, 1.807) is 0 Å². The van der Waals surface area contributed by atoms with Gasteiger partial charge in [-0.15, -0.1) is 11.3 Å². The van der Waals surface area contributed by atoms with Crippen LogP contribution in [0.5, 0.6) is 0 Å². The monoisotopic (exact) mass is 299 g/mol. The Morgan fingerprint density at radius 2 is 2.30 bits per heavy atom. The molecule has 8 nitrogen and oxygen atoms in total. The van der Waals surface area contributed by atoms with E-state index in [2.05, 4.69) is 15.0 Å². The number of alkyl carbamates (subject to hydrolysis) is 1. The highest BCUT2D eigenvalue weighted by Crippen LogP contribution is 2.17. The molecule has 2 heterocycles. The smallest absolute Gasteiger partial charge is 0.407 e. The summed E-state index contributed by atoms with van der Waals surface area (Å²) in [7, 11) is 1.27. The minimum atomic E-state index is -1.16. The van der Waals surface area contributed by atoms with Gasteiger partial charge in [0.05, 0.1) is 13.2 Å². The number of likely N-dealkylation sites (tertiary alicyclic amines) is 1. The van der Waals surface area contributed by atoms with Gasteiger partial charge in [0.25, 0.3) is 5.91 Å². The molecule has 20 heavy (non-hydrogen) atoms. The second-order valence-corrected chi connectivity index (χ2v) is 5.07. The number of hydrogen-bond donors (Lipinski definition) is 2. The number of thiazole rings is 1. The van der Waals surface area contributed by atoms with Crippen LogP contribution in [0.15, 0.2) is 5.38 Å². The highest BCUT2D eigenvalue weighted by molar-refractivity contribution is 7.11. The van der Waals surface area contributed by atoms with Crippen LogP contribution >= 0.6 is 11.3 Å². The maximum atomic E-state index is 12.1. The number of rotatable bonds is 3. The molecule has 1 aromatic heterocycles. The third-order valence-corrected chi connectivity index (χ3v) is 3.72. The molecule has 2 N–H and O–H groups in total. The second-order valence-electron chi connectivity index (χ2n) is 4.22. The maximum Gasteiger partial charge on any atom is 0.407 e. The molecule has 2 rings (SSSR count). The number of carboxylic acids is 1. The van der Waals surface area contributed by atoms with Crippen molar-refractivity contribution in [2.45, 2.75) is 12.5 Å². The predicted molar refractivity (Wildman–Crippen MR) is 68.9 cm³/mol. The summed E-state index contributed by atoms with van der Waals surface area (Å²) in [5.41, 5.74) is -0.137. The highest BCUT2D eigenvalue weighted by Gasteiger charge is 2.29. The topological polar surface area (TPSA) is 109 Å². The summed E-state index contributed by atoms with van der Waals surface area (Å²) in [5, 5.41) is 12.9. The van der Waals surface area contributed by atoms with Crippen LogP contribution in [-0.4, -0.2) is 59.2 Å². The van der Waals surface area contributed by atoms with E-state index in [4.69, 9.17) is 5.11 Å². The molecule has 1 unspecified atom stereocenters. The van der Waals surface area contributed by atoms with Gasteiger partial charge >= 0.3 is 12.1 Å². The summed E-state index contributed by atoms with van der Waals surface area (Å²) < 4.78 is 4.49. The number of carbonyl (C=O) groups is 3. The third-order valence-electron chi connectivity index (χ3n) is 2.89. The van der Waals surface area contributed by atoms with E-state index in [1.807, 2.05) is 0 Å². The fraction of sp³-hybridized carbons (Fsp3) is 0.455. The van der Waals surface area contributed by atoms with Crippen molar-refractivity contribution in [2.24, 2.45) is 0 Å². The number of carboxylic acid groups (broad SMARTS) is 1. The average Bonchev–Trinajstić information content (AvgIpc) is 3.06. The van der Waals surface area contributed by atoms with Gasteiger partial charge < -0.3 is 20.1 Å². The Morgan fingerprint density at radius 3 is 2.90 bits per heavy atom. The minimum absolute atomic E-state index is 0.137. The fourth-order valence-corrected chi connectivity index (χ4v) is 2.65. The van der Waals surface area contributed by atoms with Gasteiger partial charge in [-0.25, -0.2) is 14.6 Å². The van der Waals surface area contributed by atoms with Gasteiger partial charge in [0.15, 0.2) is 10.7 Å². The molecule has 1 fully saturated rings. The first kappa shape index (κ1) is 14.3. The van der Waals surface area contributed by atoms with Crippen molar-refractivity contribution in [3.63, 3.8) is 0 Å². The van der Waals surface area contributed by atoms with E-state index in [-0.39, 0.29) is 22.7 Å². The third kappa shape index (κ3) is 3.05. The van der Waals surface area contributed by atoms with Crippen molar-refractivity contribution in [1.82, 2.24) is 15.2 Å². The number of nitrogens with zero attached hydrogens (tertiary/aromatic N) is 2. The van der Waals surface area contributed by atoms with Crippen LogP contribution < -0.4 is 5.32 Å². The van der Waals surface area contributed by atoms with Gasteiger partial charge in [-0.3, -0.25) is 4.79 Å². The van der Waals surface area contributed by atoms with Gasteiger partial charge in [-0.2, -0.15) is 0 Å². The molecule has 1 saturated heterocycles. The lowest BCUT2D eigenvalue weighted by Crippen LogP contribution is -2.38. The van der Waals surface area contributed by atoms with E-state index < -0.39 is 12.1 Å². The fourth-order valence-electron chi connectivity index (χ4n) is 1.89. The molecule has 1 aromatic rings. The van der Waals surface area contributed by atoms with Crippen molar-refractivity contribution in [3.05, 3.63) is 16.1 Å². The zero-order chi connectivity index (χ0) is 14.7. The first-order valence-corrected chi connectivity index (χ1v) is 6.71. The highest BCUT2D eigenvalue weighted by atomic mass is 32.1. The molecular weight excluding hydrogens is 286 g/mol. The summed E-state index contributed by atoms with van der Waals surface area (Å²) in [5.74, 6) is -1.48. The lowest BCUT2D eigenvalue weighted by molar-refractivity contribution is 0.0691. The van der Waals surface area contributed by atoms with Gasteiger partial charge in [0.2, 0.25) is 0 Å². The lowest BCUT2D eigenvalue weighted by atomic mass is 10.3. The number of amides is 2. The normalized spacial score (nSPS) is 17.9. The molecule has 0 aliphatic carbocycles. The van der Waals surface area contributed by atoms with Gasteiger partial charge in [-0.05, 0) is 6.42 Å². The standard InChI is InChI=1S/C11H13N3O5S/c1-19-11(18)12-6-2-3-14(4-6)9(15)8-13-7(5-20-8)10(16)17/h5-6H,2-4H2,1H3,(H,12,18)(H,16,17). The summed E-state index contributed by atoms with van der Waals surface area (Å²) >= 11 is 0.997. The lowest BCUT2D eigenvalue weighted by Gasteiger charge is -2.15. The minimum Gasteiger partial charge on any atom is -0.476 e. The molecule has 0 spiro atoms. The number of methoxy groups -OCH3 is 1. The molecule has 1 aliphatic heterocycles. The first-order valence-electron chi connectivity index (χ1n) is 5.84. The van der Waals surface area contributed by atoms with E-state index in [0.717, 1.165) is 11.3 Å². The zero-order valence-corrected chi connectivity index (χ0v) is 11.5. The Morgan fingerprint density at radius 1 is 1.55 bits per heavy atom. The zero-order valence-electron chi connectivity index (χ0n) is 10.7. The molecule has 2 amide bonds. The molecule has 108 valence electrons. The number of aromatic carboxylic acids is 1. The summed E-state index contributed by atoms with van der Waals surface area (Å²) in [6.45, 7) is 0.839. The quantitative estimate of drug-likeness (QED) is 0.837. The first-order chi connectivity index (χ1) is 9.51. The Kier molecular flexibility index (Phi) is 4.18. The van der Waals surface area contributed by atoms with Crippen LogP contribution in [0.2, 0.25) is 0 Å². The van der Waals surface area contributed by atoms with E-state index in [9.17, 15) is 14.4 Å². The van der Waals surface area contributed by atoms with Crippen LogP contribution in [0.4, 0.5) is 4.79 Å². The molecule has 9 heteroatoms. The summed E-state index contributed by atoms with van der Waals surface area (Å²) in [6, 6.07) is -0.162. The molecule has 1 atom stereocenters. The van der Waals surface area contributed by atoms with Gasteiger partial charge in [0.1, 0.15) is 0 Å². The van der Waals surface area contributed by atoms with Crippen molar-refractivity contribution in [2.75, 3.05) is 20.2 Å². The molecular formula is C11H13N3O5S. The van der Waals surface area contributed by atoms with Crippen LogP contribution in [0.3, 0.4) is 0 Å². The van der Waals surface area contributed by atoms with Crippen LogP contribution in [0.25, 0.3) is 0 Å². The number of carbonyl (C=O) groups excluding carboxylic acids is 2. The Balaban J connectivity index is 1.96. The number of ether oxygens (including phenoxy) is 1. The molecule has 0 saturated carbocycles. The van der Waals surface area contributed by atoms with Crippen LogP contribution in [-0.2, 0) is 4.74 Å². The molecule has 1 aliphatic rings. The Hall–Kier alpha value is -2.16. The van der Waals surface area contributed by atoms with Crippen molar-refractivity contribution in [3.8, 4) is 0 Å². The summed E-state index contributed by atoms with van der Waals surface area (Å²) in [4.78, 5) is 39.2. The van der Waals surface area contributed by atoms with Gasteiger partial charge in [0, 0.05) is 18.5 Å². The number of nitrogens with one attached hydrogen (secondary N) is 1. The average molecular weight is 299 g/mol. The van der Waals surface area contributed by atoms with Crippen molar-refractivity contribution in [1.29, 1.82) is 0 Å². The predicted octanol–water partition coefficient (Wildman–Crippen LogP) is 0.412. The summed E-state index contributed by atoms with van der Waals surface area (Å²) in [6.07, 6.45) is 0.0876. The largest absolute Gasteiger partial charge is 0.476 e. The Labute approximate surface area is 118 Å². The number of hydrogen-bond acceptors (Lipinski definition) is 6. The van der Waals surface area contributed by atoms with Gasteiger partial charge in [-0.1, -0.05) is 0 Å². The SMILES string of the molecule is COC(=O)NC1CCN(C(=O)c2nc(C(=O)O)cs2)C1. The van der Waals surface area contributed by atoms with E-state index in [0.29, 0.717) is 19.5 Å². The maximum absolute atomic E-state index is 12.1. The van der Waals surface area contributed by atoms with Crippen LogP contribution in [0, 0.1) is 0 Å². The second kappa shape index (κ2) is 5.87. The Bertz CT molecular complexity index is 544. The van der Waals surface area contributed by atoms with E-state index >= 15 is 0 Å². The molecule has 0 aromatic carbocycles. The molecule has 0 radical (unpaired) electrons. The van der Waals surface area contributed by atoms with Crippen LogP contribution in [0.1, 0.15) is 26.7 Å². The van der Waals surface area contributed by atoms with Crippen molar-refractivity contribution >= 4 is 29.3 Å². The van der Waals surface area contributed by atoms with E-state index in [1.165, 1.54) is 17.4 Å². The van der Waals surface area contributed by atoms with Crippen molar-refractivity contribution < 1.29 is 24.2 Å². The number of aromatic nitrogens is 1. The molecule has 0 bridgehead atoms.